The number of esters is 1. The fraction of sp³-hybridized carbons (Fsp3) is 0.417. The lowest BCUT2D eigenvalue weighted by atomic mass is 10.1. The van der Waals surface area contributed by atoms with Gasteiger partial charge in [0.1, 0.15) is 11.3 Å². The number of carbonyl (C=O) groups is 1. The van der Waals surface area contributed by atoms with Crippen LogP contribution in [0.4, 0.5) is 5.69 Å². The molecule has 1 atom stereocenters. The van der Waals surface area contributed by atoms with Gasteiger partial charge in [-0.05, 0) is 55.2 Å². The van der Waals surface area contributed by atoms with Crippen LogP contribution in [0.5, 0.6) is 5.75 Å². The van der Waals surface area contributed by atoms with Crippen LogP contribution in [-0.2, 0) is 11.3 Å². The van der Waals surface area contributed by atoms with Gasteiger partial charge in [0.15, 0.2) is 5.96 Å². The summed E-state index contributed by atoms with van der Waals surface area (Å²) >= 11 is 0. The van der Waals surface area contributed by atoms with Crippen molar-refractivity contribution in [2.75, 3.05) is 39.3 Å². The van der Waals surface area contributed by atoms with Crippen molar-refractivity contribution in [2.24, 2.45) is 4.99 Å². The van der Waals surface area contributed by atoms with Gasteiger partial charge in [-0.3, -0.25) is 4.99 Å². The largest absolute Gasteiger partial charge is 0.496 e. The SMILES string of the molecule is CN=C(NCc1ccc(OC)c(C(=O)OC)c1)NC(C)c1cccc(N2CCCC2)c1. The zero-order chi connectivity index (χ0) is 22.2. The van der Waals surface area contributed by atoms with Crippen LogP contribution in [0.25, 0.3) is 0 Å². The van der Waals surface area contributed by atoms with E-state index in [0.29, 0.717) is 23.8 Å². The van der Waals surface area contributed by atoms with Crippen LogP contribution in [0.2, 0.25) is 0 Å². The van der Waals surface area contributed by atoms with Crippen LogP contribution in [0.15, 0.2) is 47.5 Å². The predicted octanol–water partition coefficient (Wildman–Crippen LogP) is 3.51. The summed E-state index contributed by atoms with van der Waals surface area (Å²) in [6, 6.07) is 14.2. The quantitative estimate of drug-likeness (QED) is 0.403. The average molecular weight is 425 g/mol. The van der Waals surface area contributed by atoms with E-state index in [2.05, 4.69) is 51.7 Å². The van der Waals surface area contributed by atoms with Gasteiger partial charge in [-0.2, -0.15) is 0 Å². The highest BCUT2D eigenvalue weighted by molar-refractivity contribution is 5.92. The molecule has 0 radical (unpaired) electrons. The molecule has 0 spiro atoms. The highest BCUT2D eigenvalue weighted by atomic mass is 16.5. The van der Waals surface area contributed by atoms with E-state index in [0.717, 1.165) is 18.7 Å². The van der Waals surface area contributed by atoms with E-state index in [-0.39, 0.29) is 6.04 Å². The Morgan fingerprint density at radius 2 is 1.94 bits per heavy atom. The maximum Gasteiger partial charge on any atom is 0.341 e. The maximum absolute atomic E-state index is 12.0. The summed E-state index contributed by atoms with van der Waals surface area (Å²) in [5.41, 5.74) is 3.82. The first kappa shape index (κ1) is 22.5. The molecule has 0 aliphatic carbocycles. The van der Waals surface area contributed by atoms with E-state index < -0.39 is 5.97 Å². The van der Waals surface area contributed by atoms with Crippen LogP contribution < -0.4 is 20.3 Å². The van der Waals surface area contributed by atoms with E-state index in [1.54, 1.807) is 19.2 Å². The molecular weight excluding hydrogens is 392 g/mol. The van der Waals surface area contributed by atoms with E-state index in [1.165, 1.54) is 38.3 Å². The summed E-state index contributed by atoms with van der Waals surface area (Å²) < 4.78 is 10.1. The number of methoxy groups -OCH3 is 2. The van der Waals surface area contributed by atoms with Crippen LogP contribution in [-0.4, -0.2) is 46.3 Å². The summed E-state index contributed by atoms with van der Waals surface area (Å²) in [4.78, 5) is 18.8. The summed E-state index contributed by atoms with van der Waals surface area (Å²) in [6.45, 7) is 4.89. The lowest BCUT2D eigenvalue weighted by molar-refractivity contribution is 0.0597. The second-order valence-corrected chi connectivity index (χ2v) is 7.61. The van der Waals surface area contributed by atoms with Crippen molar-refractivity contribution < 1.29 is 14.3 Å². The number of hydrogen-bond acceptors (Lipinski definition) is 5. The topological polar surface area (TPSA) is 75.2 Å². The molecule has 2 N–H and O–H groups in total. The Balaban J connectivity index is 1.63. The van der Waals surface area contributed by atoms with Gasteiger partial charge in [-0.1, -0.05) is 18.2 Å². The van der Waals surface area contributed by atoms with Crippen LogP contribution in [0, 0.1) is 0 Å². The molecule has 1 unspecified atom stereocenters. The molecule has 31 heavy (non-hydrogen) atoms. The van der Waals surface area contributed by atoms with Gasteiger partial charge in [0, 0.05) is 32.4 Å². The summed E-state index contributed by atoms with van der Waals surface area (Å²) in [5, 5.41) is 6.76. The number of hydrogen-bond donors (Lipinski definition) is 2. The van der Waals surface area contributed by atoms with Crippen LogP contribution in [0.1, 0.15) is 47.3 Å². The van der Waals surface area contributed by atoms with Gasteiger partial charge in [0.05, 0.1) is 20.3 Å². The lowest BCUT2D eigenvalue weighted by Gasteiger charge is -2.22. The van der Waals surface area contributed by atoms with Gasteiger partial charge in [-0.25, -0.2) is 4.79 Å². The molecule has 1 aliphatic rings. The smallest absolute Gasteiger partial charge is 0.341 e. The third kappa shape index (κ3) is 5.69. The minimum atomic E-state index is -0.423. The summed E-state index contributed by atoms with van der Waals surface area (Å²) in [6.07, 6.45) is 2.52. The average Bonchev–Trinajstić information content (AvgIpc) is 3.36. The number of rotatable bonds is 7. The van der Waals surface area contributed by atoms with Crippen molar-refractivity contribution in [1.82, 2.24) is 10.6 Å². The normalized spacial score (nSPS) is 14.8. The fourth-order valence-electron chi connectivity index (χ4n) is 3.77. The Kier molecular flexibility index (Phi) is 7.76. The number of aliphatic imine (C=N–C) groups is 1. The molecule has 3 rings (SSSR count). The molecule has 1 saturated heterocycles. The van der Waals surface area contributed by atoms with Gasteiger partial charge >= 0.3 is 5.97 Å². The highest BCUT2D eigenvalue weighted by Crippen LogP contribution is 2.24. The van der Waals surface area contributed by atoms with E-state index in [1.807, 2.05) is 6.07 Å². The number of carbonyl (C=O) groups excluding carboxylic acids is 1. The standard InChI is InChI=1S/C24H32N4O3/c1-17(19-8-7-9-20(15-19)28-12-5-6-13-28)27-24(25-2)26-16-18-10-11-22(30-3)21(14-18)23(29)31-4/h7-11,14-15,17H,5-6,12-13,16H2,1-4H3,(H2,25,26,27). The van der Waals surface area contributed by atoms with Crippen molar-refractivity contribution in [1.29, 1.82) is 0 Å². The zero-order valence-corrected chi connectivity index (χ0v) is 18.8. The number of guanidine groups is 1. The number of ether oxygens (including phenoxy) is 2. The van der Waals surface area contributed by atoms with Gasteiger partial charge in [-0.15, -0.1) is 0 Å². The van der Waals surface area contributed by atoms with E-state index in [9.17, 15) is 4.79 Å². The van der Waals surface area contributed by atoms with Crippen LogP contribution >= 0.6 is 0 Å². The summed E-state index contributed by atoms with van der Waals surface area (Å²) in [5.74, 6) is 0.756. The maximum atomic E-state index is 12.0. The Morgan fingerprint density at radius 3 is 2.61 bits per heavy atom. The minimum Gasteiger partial charge on any atom is -0.496 e. The molecule has 2 aromatic rings. The second-order valence-electron chi connectivity index (χ2n) is 7.61. The van der Waals surface area contributed by atoms with Gasteiger partial charge < -0.3 is 25.0 Å². The number of benzene rings is 2. The van der Waals surface area contributed by atoms with Gasteiger partial charge in [0.2, 0.25) is 0 Å². The van der Waals surface area contributed by atoms with Crippen molar-refractivity contribution in [3.63, 3.8) is 0 Å². The zero-order valence-electron chi connectivity index (χ0n) is 18.8. The van der Waals surface area contributed by atoms with Crippen LogP contribution in [0.3, 0.4) is 0 Å². The van der Waals surface area contributed by atoms with Crippen molar-refractivity contribution in [2.45, 2.75) is 32.4 Å². The third-order valence-corrected chi connectivity index (χ3v) is 5.55. The molecule has 166 valence electrons. The van der Waals surface area contributed by atoms with Crippen molar-refractivity contribution in [3.05, 3.63) is 59.2 Å². The van der Waals surface area contributed by atoms with Crippen molar-refractivity contribution >= 4 is 17.6 Å². The molecule has 0 bridgehead atoms. The Morgan fingerprint density at radius 1 is 1.16 bits per heavy atom. The number of anilines is 1. The van der Waals surface area contributed by atoms with Crippen molar-refractivity contribution in [3.8, 4) is 5.75 Å². The number of nitrogens with zero attached hydrogens (tertiary/aromatic N) is 2. The molecular formula is C24H32N4O3. The fourth-order valence-corrected chi connectivity index (χ4v) is 3.77. The molecule has 1 aliphatic heterocycles. The molecule has 0 amide bonds. The highest BCUT2D eigenvalue weighted by Gasteiger charge is 2.16. The first-order valence-electron chi connectivity index (χ1n) is 10.6. The summed E-state index contributed by atoms with van der Waals surface area (Å²) in [7, 11) is 4.64. The molecule has 0 saturated carbocycles. The Hall–Kier alpha value is -3.22. The Labute approximate surface area is 184 Å². The molecule has 1 heterocycles. The first-order chi connectivity index (χ1) is 15.0. The Bertz CT molecular complexity index is 923. The first-order valence-corrected chi connectivity index (χ1v) is 10.6. The minimum absolute atomic E-state index is 0.0928. The monoisotopic (exact) mass is 424 g/mol. The van der Waals surface area contributed by atoms with E-state index >= 15 is 0 Å². The lowest BCUT2D eigenvalue weighted by Crippen LogP contribution is -2.38. The second kappa shape index (κ2) is 10.7. The molecule has 7 heteroatoms. The van der Waals surface area contributed by atoms with E-state index in [4.69, 9.17) is 9.47 Å². The predicted molar refractivity (Wildman–Crippen MR) is 124 cm³/mol. The molecule has 1 fully saturated rings. The molecule has 7 nitrogen and oxygen atoms in total. The van der Waals surface area contributed by atoms with Gasteiger partial charge in [0.25, 0.3) is 0 Å². The molecule has 2 aromatic carbocycles. The number of nitrogens with one attached hydrogen (secondary N) is 2. The molecule has 0 aromatic heterocycles. The third-order valence-electron chi connectivity index (χ3n) is 5.55.